The Morgan fingerprint density at radius 2 is 2.55 bits per heavy atom. The molecule has 0 fully saturated rings. The monoisotopic (exact) mass is 154 g/mol. The molecule has 60 valence electrons. The standard InChI is InChI=1S/C7H9NO3/c1-2-3-5-4-11-6(8-5)7(9)10/h4H,2-3H2,1H3,(H,9,10)/p-1. The Bertz CT molecular complexity index is 254. The van der Waals surface area contributed by atoms with Gasteiger partial charge in [-0.15, -0.1) is 0 Å². The number of carboxylic acids is 1. The molecular formula is C7H8NO3-. The van der Waals surface area contributed by atoms with Crippen molar-refractivity contribution >= 4 is 5.97 Å². The van der Waals surface area contributed by atoms with Crippen LogP contribution < -0.4 is 5.11 Å². The van der Waals surface area contributed by atoms with E-state index < -0.39 is 5.97 Å². The number of aryl methyl sites for hydroxylation is 1. The molecule has 1 aromatic rings. The number of rotatable bonds is 3. The number of hydrogen-bond donors (Lipinski definition) is 0. The summed E-state index contributed by atoms with van der Waals surface area (Å²) in [4.78, 5) is 13.8. The average Bonchev–Trinajstić information content (AvgIpc) is 2.37. The molecule has 0 bridgehead atoms. The minimum absolute atomic E-state index is 0.339. The first kappa shape index (κ1) is 7.78. The summed E-state index contributed by atoms with van der Waals surface area (Å²) in [6.45, 7) is 1.98. The maximum absolute atomic E-state index is 10.2. The van der Waals surface area contributed by atoms with Crippen molar-refractivity contribution in [3.05, 3.63) is 17.8 Å². The normalized spacial score (nSPS) is 9.91. The van der Waals surface area contributed by atoms with Crippen molar-refractivity contribution in [1.29, 1.82) is 0 Å². The Morgan fingerprint density at radius 3 is 3.00 bits per heavy atom. The lowest BCUT2D eigenvalue weighted by atomic mass is 10.3. The summed E-state index contributed by atoms with van der Waals surface area (Å²) in [5.74, 6) is -1.71. The molecule has 0 atom stereocenters. The van der Waals surface area contributed by atoms with Crippen LogP contribution in [0.3, 0.4) is 0 Å². The molecule has 0 amide bonds. The van der Waals surface area contributed by atoms with Crippen LogP contribution in [0.5, 0.6) is 0 Å². The lowest BCUT2D eigenvalue weighted by Gasteiger charge is -1.90. The van der Waals surface area contributed by atoms with Crippen LogP contribution >= 0.6 is 0 Å². The molecule has 1 aromatic heterocycles. The molecule has 0 radical (unpaired) electrons. The second kappa shape index (κ2) is 3.18. The van der Waals surface area contributed by atoms with Crippen molar-refractivity contribution in [2.24, 2.45) is 0 Å². The highest BCUT2D eigenvalue weighted by atomic mass is 16.4. The Hall–Kier alpha value is -1.32. The van der Waals surface area contributed by atoms with Gasteiger partial charge in [-0.05, 0) is 6.42 Å². The molecular weight excluding hydrogens is 146 g/mol. The van der Waals surface area contributed by atoms with Gasteiger partial charge >= 0.3 is 0 Å². The topological polar surface area (TPSA) is 66.2 Å². The van der Waals surface area contributed by atoms with Crippen molar-refractivity contribution in [2.75, 3.05) is 0 Å². The van der Waals surface area contributed by atoms with Crippen molar-refractivity contribution < 1.29 is 14.3 Å². The van der Waals surface area contributed by atoms with Crippen LogP contribution in [0, 0.1) is 0 Å². The van der Waals surface area contributed by atoms with Gasteiger partial charge in [0.05, 0.1) is 5.69 Å². The first-order chi connectivity index (χ1) is 5.24. The van der Waals surface area contributed by atoms with E-state index in [1.807, 2.05) is 6.92 Å². The number of carboxylic acid groups (broad SMARTS) is 1. The van der Waals surface area contributed by atoms with E-state index in [0.29, 0.717) is 5.69 Å². The van der Waals surface area contributed by atoms with E-state index >= 15 is 0 Å². The smallest absolute Gasteiger partial charge is 0.242 e. The van der Waals surface area contributed by atoms with Crippen LogP contribution in [0.4, 0.5) is 0 Å². The molecule has 0 spiro atoms. The Labute approximate surface area is 63.9 Å². The SMILES string of the molecule is CCCc1coc(C(=O)[O-])n1. The number of oxazole rings is 1. The van der Waals surface area contributed by atoms with Crippen molar-refractivity contribution in [2.45, 2.75) is 19.8 Å². The van der Waals surface area contributed by atoms with Gasteiger partial charge < -0.3 is 14.3 Å². The molecule has 4 heteroatoms. The average molecular weight is 154 g/mol. The highest BCUT2D eigenvalue weighted by molar-refractivity contribution is 5.79. The lowest BCUT2D eigenvalue weighted by molar-refractivity contribution is -0.257. The highest BCUT2D eigenvalue weighted by Gasteiger charge is 2.02. The van der Waals surface area contributed by atoms with Gasteiger partial charge in [0, 0.05) is 0 Å². The molecule has 0 N–H and O–H groups in total. The minimum Gasteiger partial charge on any atom is -0.540 e. The fourth-order valence-corrected chi connectivity index (χ4v) is 0.772. The quantitative estimate of drug-likeness (QED) is 0.614. The summed E-state index contributed by atoms with van der Waals surface area (Å²) in [6, 6.07) is 0. The molecule has 0 unspecified atom stereocenters. The molecule has 1 rings (SSSR count). The molecule has 4 nitrogen and oxygen atoms in total. The fraction of sp³-hybridized carbons (Fsp3) is 0.429. The van der Waals surface area contributed by atoms with Crippen LogP contribution in [0.15, 0.2) is 10.7 Å². The van der Waals surface area contributed by atoms with Gasteiger partial charge in [-0.2, -0.15) is 0 Å². The van der Waals surface area contributed by atoms with Gasteiger partial charge in [-0.25, -0.2) is 4.98 Å². The van der Waals surface area contributed by atoms with Crippen molar-refractivity contribution in [1.82, 2.24) is 4.98 Å². The van der Waals surface area contributed by atoms with Gasteiger partial charge in [-0.3, -0.25) is 0 Å². The van der Waals surface area contributed by atoms with Crippen LogP contribution in [0.25, 0.3) is 0 Å². The molecule has 0 aliphatic rings. The third-order valence-corrected chi connectivity index (χ3v) is 1.23. The first-order valence-corrected chi connectivity index (χ1v) is 3.39. The fourth-order valence-electron chi connectivity index (χ4n) is 0.772. The maximum atomic E-state index is 10.2. The molecule has 11 heavy (non-hydrogen) atoms. The number of aromatic carboxylic acids is 1. The van der Waals surface area contributed by atoms with Gasteiger partial charge in [0.2, 0.25) is 5.89 Å². The predicted molar refractivity (Wildman–Crippen MR) is 34.8 cm³/mol. The first-order valence-electron chi connectivity index (χ1n) is 3.39. The van der Waals surface area contributed by atoms with Gasteiger partial charge in [0.15, 0.2) is 0 Å². The van der Waals surface area contributed by atoms with Gasteiger partial charge in [0.1, 0.15) is 12.2 Å². The zero-order chi connectivity index (χ0) is 8.27. The van der Waals surface area contributed by atoms with Gasteiger partial charge in [-0.1, -0.05) is 13.3 Å². The molecule has 0 saturated heterocycles. The zero-order valence-electron chi connectivity index (χ0n) is 6.16. The minimum atomic E-state index is -1.37. The van der Waals surface area contributed by atoms with E-state index in [-0.39, 0.29) is 5.89 Å². The van der Waals surface area contributed by atoms with Crippen LogP contribution in [0.2, 0.25) is 0 Å². The molecule has 0 aliphatic heterocycles. The van der Waals surface area contributed by atoms with E-state index in [9.17, 15) is 9.90 Å². The number of nitrogens with zero attached hydrogens (tertiary/aromatic N) is 1. The lowest BCUT2D eigenvalue weighted by Crippen LogP contribution is -2.22. The van der Waals surface area contributed by atoms with E-state index in [2.05, 4.69) is 9.40 Å². The van der Waals surface area contributed by atoms with Crippen LogP contribution in [0.1, 0.15) is 29.7 Å². The summed E-state index contributed by atoms with van der Waals surface area (Å²) in [6.07, 6.45) is 2.99. The van der Waals surface area contributed by atoms with E-state index in [4.69, 9.17) is 0 Å². The summed E-state index contributed by atoms with van der Waals surface area (Å²) in [5.41, 5.74) is 0.659. The summed E-state index contributed by atoms with van der Waals surface area (Å²) < 4.78 is 4.61. The Morgan fingerprint density at radius 1 is 1.82 bits per heavy atom. The van der Waals surface area contributed by atoms with Crippen LogP contribution in [-0.4, -0.2) is 11.0 Å². The largest absolute Gasteiger partial charge is 0.540 e. The molecule has 1 heterocycles. The summed E-state index contributed by atoms with van der Waals surface area (Å²) in [7, 11) is 0. The number of aromatic nitrogens is 1. The van der Waals surface area contributed by atoms with Crippen LogP contribution in [-0.2, 0) is 6.42 Å². The Balaban J connectivity index is 2.73. The molecule has 0 aromatic carbocycles. The van der Waals surface area contributed by atoms with E-state index in [1.54, 1.807) is 0 Å². The third-order valence-electron chi connectivity index (χ3n) is 1.23. The second-order valence-corrected chi connectivity index (χ2v) is 2.18. The highest BCUT2D eigenvalue weighted by Crippen LogP contribution is 2.02. The molecule has 0 saturated carbocycles. The van der Waals surface area contributed by atoms with Gasteiger partial charge in [0.25, 0.3) is 0 Å². The predicted octanol–water partition coefficient (Wildman–Crippen LogP) is -0.00940. The number of carbonyl (C=O) groups excluding carboxylic acids is 1. The molecule has 0 aliphatic carbocycles. The van der Waals surface area contributed by atoms with E-state index in [0.717, 1.165) is 12.8 Å². The third kappa shape index (κ3) is 1.80. The Kier molecular flexibility index (Phi) is 2.25. The number of carbonyl (C=O) groups is 1. The van der Waals surface area contributed by atoms with Crippen molar-refractivity contribution in [3.63, 3.8) is 0 Å². The van der Waals surface area contributed by atoms with Crippen molar-refractivity contribution in [3.8, 4) is 0 Å². The summed E-state index contributed by atoms with van der Waals surface area (Å²) in [5, 5.41) is 10.2. The van der Waals surface area contributed by atoms with E-state index in [1.165, 1.54) is 6.26 Å². The number of hydrogen-bond acceptors (Lipinski definition) is 4. The maximum Gasteiger partial charge on any atom is 0.242 e. The zero-order valence-corrected chi connectivity index (χ0v) is 6.16. The summed E-state index contributed by atoms with van der Waals surface area (Å²) >= 11 is 0. The second-order valence-electron chi connectivity index (χ2n) is 2.18.